The molecule has 230 valence electrons. The molecule has 3 aromatic rings. The zero-order valence-corrected chi connectivity index (χ0v) is 25.3. The van der Waals surface area contributed by atoms with Crippen molar-refractivity contribution in [3.05, 3.63) is 48.2 Å². The summed E-state index contributed by atoms with van der Waals surface area (Å²) < 4.78 is 10.5. The number of aromatic nitrogens is 3. The molecule has 14 heteroatoms. The lowest BCUT2D eigenvalue weighted by atomic mass is 10.0. The minimum absolute atomic E-state index is 0.105. The van der Waals surface area contributed by atoms with Crippen LogP contribution in [0.2, 0.25) is 0 Å². The lowest BCUT2D eigenvalue weighted by Crippen LogP contribution is -2.54. The maximum absolute atomic E-state index is 13.4. The second-order valence-electron chi connectivity index (χ2n) is 10.2. The van der Waals surface area contributed by atoms with Crippen LogP contribution in [0.3, 0.4) is 0 Å². The van der Waals surface area contributed by atoms with Gasteiger partial charge < -0.3 is 29.6 Å². The maximum Gasteiger partial charge on any atom is 0.245 e. The number of hydrogen-bond donors (Lipinski definition) is 3. The summed E-state index contributed by atoms with van der Waals surface area (Å²) in [7, 11) is 3.13. The first kappa shape index (κ1) is 31.6. The van der Waals surface area contributed by atoms with E-state index in [-0.39, 0.29) is 42.2 Å². The molecular formula is C29H37N7O6S. The van der Waals surface area contributed by atoms with Crippen molar-refractivity contribution >= 4 is 35.4 Å². The van der Waals surface area contributed by atoms with Gasteiger partial charge in [-0.15, -0.1) is 5.10 Å². The van der Waals surface area contributed by atoms with Crippen LogP contribution in [0, 0.1) is 0 Å². The predicted octanol–water partition coefficient (Wildman–Crippen LogP) is 1.87. The Hall–Kier alpha value is -4.33. The molecule has 0 radical (unpaired) electrons. The SMILES string of the molecule is COc1ccc(C[C@@H]2NC(=O)CCCN(C(=O)CSc3n[nH]c(-c4ccco4)n3)CCCNC(=O)[C@H](C)N(C)C2=O)cc1. The van der Waals surface area contributed by atoms with E-state index in [2.05, 4.69) is 25.8 Å². The Labute approximate surface area is 254 Å². The summed E-state index contributed by atoms with van der Waals surface area (Å²) >= 11 is 1.20. The van der Waals surface area contributed by atoms with E-state index in [1.807, 2.05) is 12.1 Å². The molecule has 1 aromatic carbocycles. The predicted molar refractivity (Wildman–Crippen MR) is 159 cm³/mol. The summed E-state index contributed by atoms with van der Waals surface area (Å²) in [5.74, 6) is 0.688. The van der Waals surface area contributed by atoms with Gasteiger partial charge in [0.1, 0.15) is 17.8 Å². The Balaban J connectivity index is 1.41. The second kappa shape index (κ2) is 15.2. The maximum atomic E-state index is 13.4. The number of hydrogen-bond acceptors (Lipinski definition) is 9. The van der Waals surface area contributed by atoms with Gasteiger partial charge in [-0.1, -0.05) is 23.9 Å². The summed E-state index contributed by atoms with van der Waals surface area (Å²) in [5, 5.41) is 13.1. The Bertz CT molecular complexity index is 1380. The number of thioether (sulfide) groups is 1. The van der Waals surface area contributed by atoms with Gasteiger partial charge in [0.15, 0.2) is 11.6 Å². The third kappa shape index (κ3) is 8.83. The van der Waals surface area contributed by atoms with Crippen molar-refractivity contribution in [2.24, 2.45) is 0 Å². The van der Waals surface area contributed by atoms with E-state index in [4.69, 9.17) is 9.15 Å². The zero-order valence-electron chi connectivity index (χ0n) is 24.5. The molecular weight excluding hydrogens is 574 g/mol. The van der Waals surface area contributed by atoms with Crippen LogP contribution in [-0.4, -0.2) is 100 Å². The summed E-state index contributed by atoms with van der Waals surface area (Å²) in [6.45, 7) is 2.73. The first-order valence-corrected chi connectivity index (χ1v) is 15.1. The van der Waals surface area contributed by atoms with Gasteiger partial charge >= 0.3 is 0 Å². The number of aromatic amines is 1. The number of carbonyl (C=O) groups is 4. The molecule has 2 aromatic heterocycles. The van der Waals surface area contributed by atoms with Crippen molar-refractivity contribution in [1.29, 1.82) is 0 Å². The number of methoxy groups -OCH3 is 1. The third-order valence-electron chi connectivity index (χ3n) is 7.17. The number of carbonyl (C=O) groups excluding carboxylic acids is 4. The highest BCUT2D eigenvalue weighted by Gasteiger charge is 2.30. The van der Waals surface area contributed by atoms with E-state index >= 15 is 0 Å². The van der Waals surface area contributed by atoms with E-state index in [1.54, 1.807) is 50.2 Å². The van der Waals surface area contributed by atoms with Crippen molar-refractivity contribution < 1.29 is 28.3 Å². The van der Waals surface area contributed by atoms with Crippen LogP contribution in [0.1, 0.15) is 31.7 Å². The summed E-state index contributed by atoms with van der Waals surface area (Å²) in [6.07, 6.45) is 2.85. The molecule has 0 bridgehead atoms. The van der Waals surface area contributed by atoms with Gasteiger partial charge in [0, 0.05) is 39.5 Å². The number of furan rings is 1. The van der Waals surface area contributed by atoms with Crippen molar-refractivity contribution in [2.75, 3.05) is 39.5 Å². The van der Waals surface area contributed by atoms with Crippen LogP contribution in [0.25, 0.3) is 11.6 Å². The molecule has 4 rings (SSSR count). The Morgan fingerprint density at radius 2 is 1.91 bits per heavy atom. The highest BCUT2D eigenvalue weighted by Crippen LogP contribution is 2.20. The van der Waals surface area contributed by atoms with Gasteiger partial charge in [-0.05, 0) is 49.6 Å². The lowest BCUT2D eigenvalue weighted by Gasteiger charge is -2.29. The largest absolute Gasteiger partial charge is 0.497 e. The van der Waals surface area contributed by atoms with E-state index in [0.29, 0.717) is 55.0 Å². The fourth-order valence-electron chi connectivity index (χ4n) is 4.55. The monoisotopic (exact) mass is 611 g/mol. The number of nitrogens with one attached hydrogen (secondary N) is 3. The van der Waals surface area contributed by atoms with Gasteiger partial charge in [-0.3, -0.25) is 24.3 Å². The average molecular weight is 612 g/mol. The van der Waals surface area contributed by atoms with E-state index < -0.39 is 12.1 Å². The molecule has 3 heterocycles. The fourth-order valence-corrected chi connectivity index (χ4v) is 5.25. The number of benzene rings is 1. The summed E-state index contributed by atoms with van der Waals surface area (Å²) in [6, 6.07) is 9.13. The molecule has 1 aliphatic heterocycles. The average Bonchev–Trinajstić information content (AvgIpc) is 3.72. The number of ether oxygens (including phenoxy) is 1. The van der Waals surface area contributed by atoms with E-state index in [9.17, 15) is 19.2 Å². The Morgan fingerprint density at radius 3 is 2.63 bits per heavy atom. The molecule has 1 fully saturated rings. The molecule has 0 aliphatic carbocycles. The minimum Gasteiger partial charge on any atom is -0.497 e. The highest BCUT2D eigenvalue weighted by molar-refractivity contribution is 7.99. The molecule has 13 nitrogen and oxygen atoms in total. The van der Waals surface area contributed by atoms with Gasteiger partial charge in [0.05, 0.1) is 19.1 Å². The summed E-state index contributed by atoms with van der Waals surface area (Å²) in [4.78, 5) is 59.8. The van der Waals surface area contributed by atoms with Crippen LogP contribution in [0.4, 0.5) is 0 Å². The molecule has 3 N–H and O–H groups in total. The summed E-state index contributed by atoms with van der Waals surface area (Å²) in [5.41, 5.74) is 0.833. The number of H-pyrrole nitrogens is 1. The molecule has 2 atom stereocenters. The van der Waals surface area contributed by atoms with Crippen molar-refractivity contribution in [3.8, 4) is 17.3 Å². The molecule has 0 spiro atoms. The van der Waals surface area contributed by atoms with Crippen LogP contribution < -0.4 is 15.4 Å². The number of nitrogens with zero attached hydrogens (tertiary/aromatic N) is 4. The third-order valence-corrected chi connectivity index (χ3v) is 8.01. The zero-order chi connectivity index (χ0) is 30.8. The van der Waals surface area contributed by atoms with Crippen LogP contribution in [-0.2, 0) is 25.6 Å². The number of likely N-dealkylation sites (N-methyl/N-ethyl adjacent to an activating group) is 1. The molecule has 1 aliphatic rings. The first-order valence-electron chi connectivity index (χ1n) is 14.1. The van der Waals surface area contributed by atoms with Crippen LogP contribution in [0.15, 0.2) is 52.2 Å². The van der Waals surface area contributed by atoms with Crippen molar-refractivity contribution in [1.82, 2.24) is 35.6 Å². The molecule has 0 unspecified atom stereocenters. The van der Waals surface area contributed by atoms with E-state index in [0.717, 1.165) is 5.56 Å². The molecule has 0 saturated carbocycles. The molecule has 1 saturated heterocycles. The smallest absolute Gasteiger partial charge is 0.245 e. The Kier molecular flexibility index (Phi) is 11.2. The highest BCUT2D eigenvalue weighted by atomic mass is 32.2. The van der Waals surface area contributed by atoms with Crippen LogP contribution in [0.5, 0.6) is 5.75 Å². The van der Waals surface area contributed by atoms with Gasteiger partial charge in [-0.2, -0.15) is 4.98 Å². The van der Waals surface area contributed by atoms with Gasteiger partial charge in [0.25, 0.3) is 0 Å². The number of amides is 4. The molecule has 43 heavy (non-hydrogen) atoms. The minimum atomic E-state index is -0.868. The van der Waals surface area contributed by atoms with Crippen LogP contribution >= 0.6 is 11.8 Å². The molecule has 4 amide bonds. The topological polar surface area (TPSA) is 163 Å². The normalized spacial score (nSPS) is 19.3. The standard InChI is InChI=1S/C29H37N7O6S/c1-19-27(39)30-13-6-15-36(25(38)18-43-29-32-26(33-34-29)23-7-5-16-42-23)14-4-8-24(37)31-22(28(40)35(19)2)17-20-9-11-21(41-3)12-10-20/h5,7,9-12,16,19,22H,4,6,8,13-15,17-18H2,1-3H3,(H,30,39)(H,31,37)(H,32,33,34)/t19-,22-/m0/s1. The van der Waals surface area contributed by atoms with E-state index in [1.165, 1.54) is 22.9 Å². The van der Waals surface area contributed by atoms with Gasteiger partial charge in [-0.25, -0.2) is 0 Å². The first-order chi connectivity index (χ1) is 20.7. The lowest BCUT2D eigenvalue weighted by molar-refractivity contribution is -0.141. The fraction of sp³-hybridized carbons (Fsp3) is 0.448. The quantitative estimate of drug-likeness (QED) is 0.339. The number of rotatable bonds is 7. The van der Waals surface area contributed by atoms with Crippen molar-refractivity contribution in [3.63, 3.8) is 0 Å². The van der Waals surface area contributed by atoms with Gasteiger partial charge in [0.2, 0.25) is 28.8 Å². The van der Waals surface area contributed by atoms with Crippen molar-refractivity contribution in [2.45, 2.75) is 49.8 Å². The second-order valence-corrected chi connectivity index (χ2v) is 11.1. The Morgan fingerprint density at radius 1 is 1.14 bits per heavy atom.